The number of anilines is 1. The Hall–Kier alpha value is -2.76. The van der Waals surface area contributed by atoms with Crippen LogP contribution in [0.1, 0.15) is 10.4 Å². The van der Waals surface area contributed by atoms with Gasteiger partial charge in [0.1, 0.15) is 11.5 Å². The first-order valence-electron chi connectivity index (χ1n) is 6.56. The Labute approximate surface area is 127 Å². The minimum absolute atomic E-state index is 0.121. The lowest BCUT2D eigenvalue weighted by Crippen LogP contribution is -2.22. The highest BCUT2D eigenvalue weighted by Crippen LogP contribution is 2.26. The second-order valence-corrected chi connectivity index (χ2v) is 4.77. The smallest absolute Gasteiger partial charge is 0.353 e. The first-order chi connectivity index (χ1) is 10.5. The molecule has 0 bridgehead atoms. The van der Waals surface area contributed by atoms with Gasteiger partial charge in [0.05, 0.1) is 19.9 Å². The molecule has 1 aromatic carbocycles. The Morgan fingerprint density at radius 3 is 2.27 bits per heavy atom. The molecule has 0 aliphatic rings. The van der Waals surface area contributed by atoms with E-state index in [2.05, 4.69) is 4.74 Å². The van der Waals surface area contributed by atoms with E-state index in [1.807, 2.05) is 0 Å². The second kappa shape index (κ2) is 6.34. The number of nitrogens with zero attached hydrogens (tertiary/aromatic N) is 1. The lowest BCUT2D eigenvalue weighted by atomic mass is 10.1. The number of hydrogen-bond donors (Lipinski definition) is 0. The zero-order chi connectivity index (χ0) is 16.3. The van der Waals surface area contributed by atoms with Crippen molar-refractivity contribution in [2.75, 3.05) is 33.2 Å². The third-order valence-electron chi connectivity index (χ3n) is 3.18. The number of ether oxygens (including phenoxy) is 2. The standard InChI is InChI=1S/C16H17NO5/c1-17(2)12-9-13(10-5-7-11(20-3)8-6-10)22-16(19)14(12)15(18)21-4/h5-9H,1-4H3. The molecule has 1 heterocycles. The minimum atomic E-state index is -0.733. The van der Waals surface area contributed by atoms with Crippen LogP contribution in [0.2, 0.25) is 0 Å². The van der Waals surface area contributed by atoms with Crippen molar-refractivity contribution >= 4 is 11.7 Å². The van der Waals surface area contributed by atoms with Crippen LogP contribution in [-0.4, -0.2) is 34.3 Å². The van der Waals surface area contributed by atoms with E-state index >= 15 is 0 Å². The molecule has 0 saturated carbocycles. The van der Waals surface area contributed by atoms with Gasteiger partial charge in [-0.1, -0.05) is 0 Å². The Morgan fingerprint density at radius 2 is 1.77 bits per heavy atom. The molecule has 0 aliphatic carbocycles. The molecule has 0 spiro atoms. The molecule has 0 radical (unpaired) electrons. The van der Waals surface area contributed by atoms with E-state index in [-0.39, 0.29) is 5.56 Å². The zero-order valence-electron chi connectivity index (χ0n) is 12.9. The van der Waals surface area contributed by atoms with Crippen LogP contribution in [0.3, 0.4) is 0 Å². The molecule has 22 heavy (non-hydrogen) atoms. The van der Waals surface area contributed by atoms with Crippen LogP contribution in [0.15, 0.2) is 39.5 Å². The molecule has 0 N–H and O–H groups in total. The van der Waals surface area contributed by atoms with Crippen LogP contribution < -0.4 is 15.3 Å². The van der Waals surface area contributed by atoms with Crippen molar-refractivity contribution in [3.63, 3.8) is 0 Å². The van der Waals surface area contributed by atoms with Crippen molar-refractivity contribution in [3.8, 4) is 17.1 Å². The molecule has 0 aliphatic heterocycles. The molecule has 2 rings (SSSR count). The van der Waals surface area contributed by atoms with Gasteiger partial charge in [0.15, 0.2) is 5.56 Å². The van der Waals surface area contributed by atoms with Gasteiger partial charge in [-0.25, -0.2) is 9.59 Å². The Morgan fingerprint density at radius 1 is 1.14 bits per heavy atom. The van der Waals surface area contributed by atoms with E-state index in [9.17, 15) is 9.59 Å². The summed E-state index contributed by atoms with van der Waals surface area (Å²) in [5, 5.41) is 0. The molecular weight excluding hydrogens is 286 g/mol. The van der Waals surface area contributed by atoms with Gasteiger partial charge in [-0.05, 0) is 24.3 Å². The number of methoxy groups -OCH3 is 2. The largest absolute Gasteiger partial charge is 0.497 e. The molecule has 0 saturated heterocycles. The average Bonchev–Trinajstić information content (AvgIpc) is 2.53. The number of benzene rings is 1. The monoisotopic (exact) mass is 303 g/mol. The molecule has 6 heteroatoms. The first-order valence-corrected chi connectivity index (χ1v) is 6.56. The van der Waals surface area contributed by atoms with Crippen LogP contribution in [0.5, 0.6) is 5.75 Å². The fourth-order valence-corrected chi connectivity index (χ4v) is 2.02. The summed E-state index contributed by atoms with van der Waals surface area (Å²) in [4.78, 5) is 25.6. The van der Waals surface area contributed by atoms with Crippen molar-refractivity contribution in [1.82, 2.24) is 0 Å². The van der Waals surface area contributed by atoms with Gasteiger partial charge in [0.25, 0.3) is 0 Å². The van der Waals surface area contributed by atoms with Crippen LogP contribution >= 0.6 is 0 Å². The lowest BCUT2D eigenvalue weighted by Gasteiger charge is -2.16. The number of hydrogen-bond acceptors (Lipinski definition) is 6. The summed E-state index contributed by atoms with van der Waals surface area (Å²) < 4.78 is 15.0. The van der Waals surface area contributed by atoms with Crippen LogP contribution in [0.4, 0.5) is 5.69 Å². The van der Waals surface area contributed by atoms with Crippen LogP contribution in [0, 0.1) is 0 Å². The SMILES string of the molecule is COC(=O)c1c(N(C)C)cc(-c2ccc(OC)cc2)oc1=O. The number of rotatable bonds is 4. The topological polar surface area (TPSA) is 69.0 Å². The predicted octanol–water partition coefficient (Wildman–Crippen LogP) is 2.17. The van der Waals surface area contributed by atoms with Gasteiger partial charge >= 0.3 is 11.6 Å². The van der Waals surface area contributed by atoms with Crippen molar-refractivity contribution in [1.29, 1.82) is 0 Å². The maximum absolute atomic E-state index is 12.1. The molecule has 6 nitrogen and oxygen atoms in total. The molecule has 116 valence electrons. The maximum atomic E-state index is 12.1. The third kappa shape index (κ3) is 2.95. The molecule has 1 aromatic heterocycles. The Balaban J connectivity index is 2.59. The average molecular weight is 303 g/mol. The lowest BCUT2D eigenvalue weighted by molar-refractivity contribution is 0.0596. The first kappa shape index (κ1) is 15.6. The highest BCUT2D eigenvalue weighted by molar-refractivity contribution is 5.95. The molecule has 0 atom stereocenters. The van der Waals surface area contributed by atoms with Crippen molar-refractivity contribution in [2.24, 2.45) is 0 Å². The zero-order valence-corrected chi connectivity index (χ0v) is 12.9. The fourth-order valence-electron chi connectivity index (χ4n) is 2.02. The van der Waals surface area contributed by atoms with Crippen LogP contribution in [-0.2, 0) is 4.74 Å². The number of carbonyl (C=O) groups is 1. The van der Waals surface area contributed by atoms with Crippen molar-refractivity contribution in [2.45, 2.75) is 0 Å². The van der Waals surface area contributed by atoms with Gasteiger partial charge in [0, 0.05) is 25.7 Å². The maximum Gasteiger partial charge on any atom is 0.353 e. The van der Waals surface area contributed by atoms with E-state index in [0.717, 1.165) is 0 Å². The van der Waals surface area contributed by atoms with Gasteiger partial charge in [-0.15, -0.1) is 0 Å². The van der Waals surface area contributed by atoms with E-state index in [1.165, 1.54) is 7.11 Å². The predicted molar refractivity (Wildman–Crippen MR) is 82.6 cm³/mol. The highest BCUT2D eigenvalue weighted by atomic mass is 16.5. The molecule has 0 unspecified atom stereocenters. The Kier molecular flexibility index (Phi) is 4.50. The summed E-state index contributed by atoms with van der Waals surface area (Å²) in [6.07, 6.45) is 0. The van der Waals surface area contributed by atoms with Gasteiger partial charge in [-0.2, -0.15) is 0 Å². The number of carbonyl (C=O) groups excluding carboxylic acids is 1. The summed E-state index contributed by atoms with van der Waals surface area (Å²) >= 11 is 0. The normalized spacial score (nSPS) is 10.2. The van der Waals surface area contributed by atoms with Crippen molar-refractivity contribution < 1.29 is 18.7 Å². The minimum Gasteiger partial charge on any atom is -0.497 e. The van der Waals surface area contributed by atoms with E-state index in [4.69, 9.17) is 9.15 Å². The summed E-state index contributed by atoms with van der Waals surface area (Å²) in [6, 6.07) is 8.70. The third-order valence-corrected chi connectivity index (χ3v) is 3.18. The van der Waals surface area contributed by atoms with Gasteiger partial charge < -0.3 is 18.8 Å². The molecule has 2 aromatic rings. The highest BCUT2D eigenvalue weighted by Gasteiger charge is 2.21. The summed E-state index contributed by atoms with van der Waals surface area (Å²) in [5.74, 6) is 0.341. The van der Waals surface area contributed by atoms with Gasteiger partial charge in [0.2, 0.25) is 0 Å². The molecule has 0 amide bonds. The van der Waals surface area contributed by atoms with Crippen LogP contribution in [0.25, 0.3) is 11.3 Å². The number of esters is 1. The summed E-state index contributed by atoms with van der Waals surface area (Å²) in [7, 11) is 6.26. The fraction of sp³-hybridized carbons (Fsp3) is 0.250. The summed E-state index contributed by atoms with van der Waals surface area (Å²) in [5.41, 5.74) is 0.292. The quantitative estimate of drug-likeness (QED) is 0.806. The van der Waals surface area contributed by atoms with E-state index < -0.39 is 11.6 Å². The Bertz CT molecular complexity index is 731. The summed E-state index contributed by atoms with van der Waals surface area (Å²) in [6.45, 7) is 0. The van der Waals surface area contributed by atoms with E-state index in [0.29, 0.717) is 22.8 Å². The van der Waals surface area contributed by atoms with Crippen molar-refractivity contribution in [3.05, 3.63) is 46.3 Å². The molecular formula is C16H17NO5. The second-order valence-electron chi connectivity index (χ2n) is 4.77. The van der Waals surface area contributed by atoms with E-state index in [1.54, 1.807) is 56.4 Å². The van der Waals surface area contributed by atoms with Gasteiger partial charge in [-0.3, -0.25) is 0 Å². The molecule has 0 fully saturated rings.